The molecule has 2 aliphatic rings. The molecule has 0 atom stereocenters. The average Bonchev–Trinajstić information content (AvgIpc) is 3.42. The smallest absolute Gasteiger partial charge is 0.302 e. The third-order valence-electron chi connectivity index (χ3n) is 4.60. The maximum absolute atomic E-state index is 4.63. The topological polar surface area (TPSA) is 81.3 Å². The summed E-state index contributed by atoms with van der Waals surface area (Å²) in [5.74, 6) is 2.72. The lowest BCUT2D eigenvalue weighted by Gasteiger charge is -2.20. The second kappa shape index (κ2) is 5.18. The summed E-state index contributed by atoms with van der Waals surface area (Å²) in [5.41, 5.74) is 2.78. The molecular formula is C18H14N9+. The first-order valence-electron chi connectivity index (χ1n) is 8.43. The number of anilines is 1. The molecule has 0 saturated heterocycles. The van der Waals surface area contributed by atoms with Crippen LogP contribution in [0.25, 0.3) is 22.5 Å². The lowest BCUT2D eigenvalue weighted by Crippen LogP contribution is -2.37. The van der Waals surface area contributed by atoms with Gasteiger partial charge in [0.15, 0.2) is 5.82 Å². The molecule has 0 saturated carbocycles. The summed E-state index contributed by atoms with van der Waals surface area (Å²) in [5, 5.41) is 3.44. The molecule has 130 valence electrons. The molecule has 0 aliphatic carbocycles. The maximum atomic E-state index is 4.63. The molecule has 0 bridgehead atoms. The van der Waals surface area contributed by atoms with E-state index in [1.165, 1.54) is 0 Å². The molecule has 9 nitrogen and oxygen atoms in total. The molecule has 9 heteroatoms. The molecule has 4 aromatic heterocycles. The van der Waals surface area contributed by atoms with Crippen molar-refractivity contribution in [2.24, 2.45) is 0 Å². The largest absolute Gasteiger partial charge is 0.342 e. The fourth-order valence-corrected chi connectivity index (χ4v) is 3.23. The van der Waals surface area contributed by atoms with Gasteiger partial charge in [-0.3, -0.25) is 14.2 Å². The monoisotopic (exact) mass is 356 g/mol. The Bertz CT molecular complexity index is 1240. The Morgan fingerprint density at radius 2 is 2.04 bits per heavy atom. The van der Waals surface area contributed by atoms with Crippen LogP contribution in [0.5, 0.6) is 0 Å². The Labute approximate surface area is 153 Å². The van der Waals surface area contributed by atoms with Gasteiger partial charge in [-0.2, -0.15) is 0 Å². The number of pyridine rings is 1. The van der Waals surface area contributed by atoms with Gasteiger partial charge in [0.2, 0.25) is 5.82 Å². The van der Waals surface area contributed by atoms with Crippen LogP contribution in [0.2, 0.25) is 0 Å². The number of hydrogen-bond donors (Lipinski definition) is 2. The zero-order valence-corrected chi connectivity index (χ0v) is 14.1. The lowest BCUT2D eigenvalue weighted by atomic mass is 10.4. The minimum atomic E-state index is 0.827. The second-order valence-corrected chi connectivity index (χ2v) is 6.26. The second-order valence-electron chi connectivity index (χ2n) is 6.26. The number of nitrogens with one attached hydrogen (secondary N) is 2. The molecule has 0 aromatic carbocycles. The third kappa shape index (κ3) is 2.18. The van der Waals surface area contributed by atoms with Gasteiger partial charge in [0, 0.05) is 24.7 Å². The van der Waals surface area contributed by atoms with Crippen molar-refractivity contribution < 1.29 is 4.57 Å². The van der Waals surface area contributed by atoms with Gasteiger partial charge < -0.3 is 4.98 Å². The summed E-state index contributed by atoms with van der Waals surface area (Å²) >= 11 is 0. The van der Waals surface area contributed by atoms with Crippen molar-refractivity contribution in [3.63, 3.8) is 0 Å². The minimum Gasteiger partial charge on any atom is -0.342 e. The Morgan fingerprint density at radius 3 is 3.00 bits per heavy atom. The van der Waals surface area contributed by atoms with Crippen molar-refractivity contribution in [2.75, 3.05) is 4.90 Å². The van der Waals surface area contributed by atoms with E-state index in [4.69, 9.17) is 0 Å². The van der Waals surface area contributed by atoms with E-state index in [-0.39, 0.29) is 0 Å². The number of aromatic nitrogens is 6. The number of hydrogen-bond acceptors (Lipinski definition) is 6. The highest BCUT2D eigenvalue weighted by atomic mass is 15.4. The summed E-state index contributed by atoms with van der Waals surface area (Å²) in [6.45, 7) is 0. The molecule has 0 spiro atoms. The molecule has 4 aromatic rings. The Balaban J connectivity index is 1.32. The van der Waals surface area contributed by atoms with E-state index in [1.54, 1.807) is 18.9 Å². The van der Waals surface area contributed by atoms with Gasteiger partial charge in [-0.05, 0) is 6.07 Å². The van der Waals surface area contributed by atoms with E-state index in [1.807, 2.05) is 74.3 Å². The van der Waals surface area contributed by atoms with E-state index in [2.05, 4.69) is 25.3 Å². The molecular weight excluding hydrogens is 342 g/mol. The highest BCUT2D eigenvalue weighted by Gasteiger charge is 2.28. The molecule has 0 unspecified atom stereocenters. The molecule has 2 N–H and O–H groups in total. The van der Waals surface area contributed by atoms with Gasteiger partial charge in [-0.1, -0.05) is 0 Å². The summed E-state index contributed by atoms with van der Waals surface area (Å²) < 4.78 is 3.92. The van der Waals surface area contributed by atoms with Crippen LogP contribution in [-0.2, 0) is 0 Å². The highest BCUT2D eigenvalue weighted by molar-refractivity contribution is 5.72. The lowest BCUT2D eigenvalue weighted by molar-refractivity contribution is -0.583. The molecule has 0 radical (unpaired) electrons. The quantitative estimate of drug-likeness (QED) is 0.528. The van der Waals surface area contributed by atoms with E-state index in [0.717, 1.165) is 34.1 Å². The van der Waals surface area contributed by atoms with Crippen LogP contribution in [0.15, 0.2) is 80.2 Å². The molecule has 27 heavy (non-hydrogen) atoms. The number of aromatic amines is 1. The van der Waals surface area contributed by atoms with Crippen LogP contribution < -0.4 is 14.8 Å². The van der Waals surface area contributed by atoms with Crippen LogP contribution in [0.1, 0.15) is 0 Å². The van der Waals surface area contributed by atoms with Gasteiger partial charge in [-0.15, -0.1) is 0 Å². The van der Waals surface area contributed by atoms with Crippen molar-refractivity contribution in [3.8, 4) is 0 Å². The van der Waals surface area contributed by atoms with Gasteiger partial charge in [0.1, 0.15) is 29.9 Å². The Kier molecular flexibility index (Phi) is 2.70. The Morgan fingerprint density at radius 1 is 1.07 bits per heavy atom. The number of rotatable bonds is 2. The normalized spacial score (nSPS) is 15.9. The summed E-state index contributed by atoms with van der Waals surface area (Å²) in [6, 6.07) is 3.86. The zero-order chi connectivity index (χ0) is 17.8. The van der Waals surface area contributed by atoms with Crippen LogP contribution in [-0.4, -0.2) is 29.2 Å². The number of H-pyrrole nitrogens is 1. The molecule has 0 fully saturated rings. The van der Waals surface area contributed by atoms with E-state index < -0.39 is 0 Å². The number of imidazole rings is 2. The average molecular weight is 356 g/mol. The van der Waals surface area contributed by atoms with Crippen LogP contribution in [0.3, 0.4) is 0 Å². The summed E-state index contributed by atoms with van der Waals surface area (Å²) in [7, 11) is 0. The first kappa shape index (κ1) is 14.1. The van der Waals surface area contributed by atoms with Crippen molar-refractivity contribution in [2.45, 2.75) is 0 Å². The van der Waals surface area contributed by atoms with Crippen molar-refractivity contribution in [3.05, 3.63) is 80.2 Å². The van der Waals surface area contributed by atoms with Crippen LogP contribution in [0.4, 0.5) is 5.82 Å². The first-order valence-corrected chi connectivity index (χ1v) is 8.43. The number of fused-ring (bicyclic) bond motifs is 3. The molecule has 6 rings (SSSR count). The van der Waals surface area contributed by atoms with Gasteiger partial charge in [-0.25, -0.2) is 24.8 Å². The minimum absolute atomic E-state index is 0.827. The zero-order valence-electron chi connectivity index (χ0n) is 14.1. The molecule has 0 amide bonds. The summed E-state index contributed by atoms with van der Waals surface area (Å²) in [6.07, 6.45) is 19.1. The van der Waals surface area contributed by atoms with Crippen molar-refractivity contribution in [1.82, 2.24) is 34.6 Å². The number of nitrogens with zero attached hydrogens (tertiary/aromatic N) is 7. The van der Waals surface area contributed by atoms with E-state index in [0.29, 0.717) is 0 Å². The van der Waals surface area contributed by atoms with E-state index >= 15 is 0 Å². The predicted octanol–water partition coefficient (Wildman–Crippen LogP) is 1.34. The van der Waals surface area contributed by atoms with Gasteiger partial charge >= 0.3 is 5.82 Å². The molecule has 2 aliphatic heterocycles. The molecule has 6 heterocycles. The van der Waals surface area contributed by atoms with Gasteiger partial charge in [0.25, 0.3) is 0 Å². The standard InChI is InChI=1S/C18H13N9/c1-3-19-12-27-10-18(22-15(1)27)26-6-5-25-8-16(23-17(25)9-26)24-4-2-13-14(7-24)21-11-20-13/h1-12,23H/p+1. The fourth-order valence-electron chi connectivity index (χ4n) is 3.23. The SMILES string of the molecule is C1=CN(c2cn3cnccc3n2)C=C2NC([n+]3ccc4nc[nH]c4c3)=CN12. The van der Waals surface area contributed by atoms with Crippen LogP contribution in [0, 0.1) is 0 Å². The maximum Gasteiger partial charge on any atom is 0.302 e. The predicted molar refractivity (Wildman–Crippen MR) is 98.2 cm³/mol. The fraction of sp³-hybridized carbons (Fsp3) is 0. The Hall–Kier alpha value is -4.14. The van der Waals surface area contributed by atoms with Crippen LogP contribution >= 0.6 is 0 Å². The van der Waals surface area contributed by atoms with Crippen molar-refractivity contribution in [1.29, 1.82) is 0 Å². The summed E-state index contributed by atoms with van der Waals surface area (Å²) in [4.78, 5) is 20.2. The van der Waals surface area contributed by atoms with Crippen molar-refractivity contribution >= 4 is 28.3 Å². The first-order chi connectivity index (χ1) is 13.3. The van der Waals surface area contributed by atoms with Gasteiger partial charge in [0.05, 0.1) is 30.4 Å². The van der Waals surface area contributed by atoms with E-state index in [9.17, 15) is 0 Å². The third-order valence-corrected chi connectivity index (χ3v) is 4.60. The highest BCUT2D eigenvalue weighted by Crippen LogP contribution is 2.24.